The van der Waals surface area contributed by atoms with E-state index in [1.807, 2.05) is 0 Å². The Morgan fingerprint density at radius 3 is 2.86 bits per heavy atom. The van der Waals surface area contributed by atoms with Crippen molar-refractivity contribution < 1.29 is 9.90 Å². The van der Waals surface area contributed by atoms with Crippen LogP contribution in [0.25, 0.3) is 0 Å². The number of hydrazone groups is 1. The average Bonchev–Trinajstić information content (AvgIpc) is 2.45. The first-order chi connectivity index (χ1) is 6.66. The van der Waals surface area contributed by atoms with E-state index in [2.05, 4.69) is 5.10 Å². The molecule has 14 heavy (non-hydrogen) atoms. The first-order valence-corrected chi connectivity index (χ1v) is 4.33. The van der Waals surface area contributed by atoms with Gasteiger partial charge in [-0.3, -0.25) is 4.79 Å². The molecule has 0 radical (unpaired) electrons. The van der Waals surface area contributed by atoms with Crippen LogP contribution in [-0.4, -0.2) is 16.7 Å². The molecule has 1 aliphatic rings. The lowest BCUT2D eigenvalue weighted by Crippen LogP contribution is -2.19. The van der Waals surface area contributed by atoms with Crippen LogP contribution in [0.3, 0.4) is 0 Å². The van der Waals surface area contributed by atoms with Gasteiger partial charge in [-0.05, 0) is 19.1 Å². The Bertz CT molecular complexity index is 412. The third-order valence-corrected chi connectivity index (χ3v) is 1.99. The van der Waals surface area contributed by atoms with Crippen molar-refractivity contribution >= 4 is 17.3 Å². The van der Waals surface area contributed by atoms with Crippen molar-refractivity contribution in [3.63, 3.8) is 0 Å². The summed E-state index contributed by atoms with van der Waals surface area (Å²) in [5.74, 6) is 0.0724. The van der Waals surface area contributed by atoms with Crippen molar-refractivity contribution in [1.29, 1.82) is 0 Å². The van der Waals surface area contributed by atoms with Crippen molar-refractivity contribution in [2.24, 2.45) is 5.10 Å². The second-order valence-electron chi connectivity index (χ2n) is 3.24. The van der Waals surface area contributed by atoms with Gasteiger partial charge in [-0.1, -0.05) is 6.07 Å². The maximum absolute atomic E-state index is 11.4. The molecule has 0 aliphatic carbocycles. The highest BCUT2D eigenvalue weighted by atomic mass is 16.3. The Morgan fingerprint density at radius 2 is 2.29 bits per heavy atom. The highest BCUT2D eigenvalue weighted by molar-refractivity contribution is 6.12. The van der Waals surface area contributed by atoms with Gasteiger partial charge in [-0.2, -0.15) is 5.10 Å². The van der Waals surface area contributed by atoms with Crippen LogP contribution in [0.4, 0.5) is 5.69 Å². The molecule has 72 valence electrons. The van der Waals surface area contributed by atoms with Gasteiger partial charge in [-0.15, -0.1) is 0 Å². The minimum atomic E-state index is -0.0619. The lowest BCUT2D eigenvalue weighted by molar-refractivity contribution is -0.116. The fourth-order valence-corrected chi connectivity index (χ4v) is 1.38. The lowest BCUT2D eigenvalue weighted by atomic mass is 10.2. The molecule has 0 unspecified atom stereocenters. The summed E-state index contributed by atoms with van der Waals surface area (Å²) in [5, 5.41) is 14.6. The number of anilines is 1. The lowest BCUT2D eigenvalue weighted by Gasteiger charge is -2.11. The number of rotatable bonds is 1. The predicted molar refractivity (Wildman–Crippen MR) is 53.3 cm³/mol. The normalized spacial score (nSPS) is 15.9. The number of amides is 1. The summed E-state index contributed by atoms with van der Waals surface area (Å²) < 4.78 is 0. The van der Waals surface area contributed by atoms with Crippen LogP contribution in [0.1, 0.15) is 13.3 Å². The predicted octanol–water partition coefficient (Wildman–Crippen LogP) is 1.50. The molecule has 0 fully saturated rings. The Kier molecular flexibility index (Phi) is 1.96. The van der Waals surface area contributed by atoms with Gasteiger partial charge in [0.15, 0.2) is 0 Å². The Balaban J connectivity index is 2.36. The highest BCUT2D eigenvalue weighted by Crippen LogP contribution is 2.23. The van der Waals surface area contributed by atoms with E-state index in [-0.39, 0.29) is 11.7 Å². The summed E-state index contributed by atoms with van der Waals surface area (Å²) in [4.78, 5) is 11.4. The number of benzene rings is 1. The molecule has 0 atom stereocenters. The van der Waals surface area contributed by atoms with Crippen molar-refractivity contribution in [3.8, 4) is 5.75 Å². The number of phenolic OH excluding ortho intramolecular Hbond substituents is 1. The van der Waals surface area contributed by atoms with E-state index in [4.69, 9.17) is 0 Å². The standard InChI is InChI=1S/C10H10N2O2/c1-7-5-10(14)12(11-7)8-3-2-4-9(13)6-8/h2-4,6,13H,5H2,1H3. The monoisotopic (exact) mass is 190 g/mol. The van der Waals surface area contributed by atoms with Crippen LogP contribution in [0.5, 0.6) is 5.75 Å². The van der Waals surface area contributed by atoms with Crippen molar-refractivity contribution in [1.82, 2.24) is 0 Å². The Labute approximate surface area is 81.5 Å². The molecule has 2 rings (SSSR count). The van der Waals surface area contributed by atoms with E-state index in [0.717, 1.165) is 5.71 Å². The summed E-state index contributed by atoms with van der Waals surface area (Å²) in [6, 6.07) is 6.49. The zero-order chi connectivity index (χ0) is 10.1. The van der Waals surface area contributed by atoms with E-state index in [9.17, 15) is 9.90 Å². The molecule has 1 aromatic rings. The fraction of sp³-hybridized carbons (Fsp3) is 0.200. The molecule has 1 aliphatic heterocycles. The molecule has 1 amide bonds. The Morgan fingerprint density at radius 1 is 1.50 bits per heavy atom. The van der Waals surface area contributed by atoms with E-state index < -0.39 is 0 Å². The molecule has 1 heterocycles. The smallest absolute Gasteiger partial charge is 0.253 e. The van der Waals surface area contributed by atoms with Crippen molar-refractivity contribution in [3.05, 3.63) is 24.3 Å². The van der Waals surface area contributed by atoms with Gasteiger partial charge >= 0.3 is 0 Å². The van der Waals surface area contributed by atoms with Crippen LogP contribution >= 0.6 is 0 Å². The third kappa shape index (κ3) is 1.46. The molecular formula is C10H10N2O2. The number of hydrogen-bond acceptors (Lipinski definition) is 3. The number of nitrogens with zero attached hydrogens (tertiary/aromatic N) is 2. The van der Waals surface area contributed by atoms with E-state index in [1.54, 1.807) is 25.1 Å². The number of phenols is 1. The van der Waals surface area contributed by atoms with Crippen LogP contribution in [0, 0.1) is 0 Å². The van der Waals surface area contributed by atoms with Gasteiger partial charge < -0.3 is 5.11 Å². The fourth-order valence-electron chi connectivity index (χ4n) is 1.38. The molecule has 0 saturated carbocycles. The molecule has 0 spiro atoms. The summed E-state index contributed by atoms with van der Waals surface area (Å²) in [6.07, 6.45) is 0.357. The van der Waals surface area contributed by atoms with Gasteiger partial charge in [-0.25, -0.2) is 5.01 Å². The molecule has 0 bridgehead atoms. The van der Waals surface area contributed by atoms with E-state index >= 15 is 0 Å². The molecular weight excluding hydrogens is 180 g/mol. The summed E-state index contributed by atoms with van der Waals surface area (Å²) >= 11 is 0. The topological polar surface area (TPSA) is 52.9 Å². The zero-order valence-corrected chi connectivity index (χ0v) is 7.77. The van der Waals surface area contributed by atoms with Gasteiger partial charge in [0.2, 0.25) is 0 Å². The Hall–Kier alpha value is -1.84. The maximum atomic E-state index is 11.4. The first kappa shape index (κ1) is 8.74. The molecule has 0 saturated heterocycles. The third-order valence-electron chi connectivity index (χ3n) is 1.99. The molecule has 0 aromatic heterocycles. The van der Waals surface area contributed by atoms with Crippen molar-refractivity contribution in [2.45, 2.75) is 13.3 Å². The second kappa shape index (κ2) is 3.14. The SMILES string of the molecule is CC1=NN(c2cccc(O)c2)C(=O)C1. The van der Waals surface area contributed by atoms with Gasteiger partial charge in [0.05, 0.1) is 12.1 Å². The van der Waals surface area contributed by atoms with Gasteiger partial charge in [0.25, 0.3) is 5.91 Å². The van der Waals surface area contributed by atoms with Crippen LogP contribution < -0.4 is 5.01 Å². The quantitative estimate of drug-likeness (QED) is 0.729. The van der Waals surface area contributed by atoms with Gasteiger partial charge in [0.1, 0.15) is 5.75 Å². The molecule has 1 aromatic carbocycles. The molecule has 4 nitrogen and oxygen atoms in total. The van der Waals surface area contributed by atoms with Crippen LogP contribution in [0.15, 0.2) is 29.4 Å². The summed E-state index contributed by atoms with van der Waals surface area (Å²) in [6.45, 7) is 1.81. The summed E-state index contributed by atoms with van der Waals surface area (Å²) in [5.41, 5.74) is 1.39. The molecule has 4 heteroatoms. The average molecular weight is 190 g/mol. The number of carbonyl (C=O) groups is 1. The maximum Gasteiger partial charge on any atom is 0.253 e. The minimum Gasteiger partial charge on any atom is -0.508 e. The van der Waals surface area contributed by atoms with Gasteiger partial charge in [0, 0.05) is 11.8 Å². The first-order valence-electron chi connectivity index (χ1n) is 4.33. The van der Waals surface area contributed by atoms with E-state index in [1.165, 1.54) is 11.1 Å². The van der Waals surface area contributed by atoms with E-state index in [0.29, 0.717) is 12.1 Å². The minimum absolute atomic E-state index is 0.0619. The van der Waals surface area contributed by atoms with Crippen LogP contribution in [-0.2, 0) is 4.79 Å². The summed E-state index contributed by atoms with van der Waals surface area (Å²) in [7, 11) is 0. The number of hydrogen-bond donors (Lipinski definition) is 1. The van der Waals surface area contributed by atoms with Crippen molar-refractivity contribution in [2.75, 3.05) is 5.01 Å². The number of carbonyl (C=O) groups excluding carboxylic acids is 1. The largest absolute Gasteiger partial charge is 0.508 e. The highest BCUT2D eigenvalue weighted by Gasteiger charge is 2.22. The zero-order valence-electron chi connectivity index (χ0n) is 7.77. The second-order valence-corrected chi connectivity index (χ2v) is 3.24. The van der Waals surface area contributed by atoms with Crippen LogP contribution in [0.2, 0.25) is 0 Å². The number of aromatic hydroxyl groups is 1. The molecule has 1 N–H and O–H groups in total.